The Bertz CT molecular complexity index is 1380. The molecule has 0 bridgehead atoms. The summed E-state index contributed by atoms with van der Waals surface area (Å²) in [6.45, 7) is 5.62. The second-order valence-corrected chi connectivity index (χ2v) is 7.34. The van der Waals surface area contributed by atoms with Crippen LogP contribution >= 0.6 is 0 Å². The van der Waals surface area contributed by atoms with Gasteiger partial charge in [-0.05, 0) is 51.6 Å². The molecule has 0 amide bonds. The maximum Gasteiger partial charge on any atom is 0.335 e. The molecule has 0 unspecified atom stereocenters. The maximum absolute atomic E-state index is 12.0. The first-order valence-electron chi connectivity index (χ1n) is 10.5. The molecule has 0 spiro atoms. The SMILES string of the molecule is C=CC(=O)Oc1ccccc1/C(=C(\CC)c1ccccc1)c1ccc2c[nH]c(=O)cc2c1. The second kappa shape index (κ2) is 9.31. The number of hydrogen-bond acceptors (Lipinski definition) is 3. The molecule has 3 aromatic carbocycles. The van der Waals surface area contributed by atoms with E-state index in [2.05, 4.69) is 30.6 Å². The lowest BCUT2D eigenvalue weighted by molar-refractivity contribution is -0.128. The van der Waals surface area contributed by atoms with E-state index in [9.17, 15) is 9.59 Å². The molecule has 0 saturated carbocycles. The number of esters is 1. The minimum absolute atomic E-state index is 0.153. The lowest BCUT2D eigenvalue weighted by Crippen LogP contribution is -2.06. The normalized spacial score (nSPS) is 11.7. The molecule has 0 aliphatic heterocycles. The molecule has 4 nitrogen and oxygen atoms in total. The summed E-state index contributed by atoms with van der Waals surface area (Å²) < 4.78 is 5.59. The number of carbonyl (C=O) groups is 1. The zero-order valence-corrected chi connectivity index (χ0v) is 17.8. The number of pyridine rings is 1. The van der Waals surface area contributed by atoms with E-state index in [1.165, 1.54) is 0 Å². The van der Waals surface area contributed by atoms with E-state index in [-0.39, 0.29) is 5.56 Å². The van der Waals surface area contributed by atoms with Crippen molar-refractivity contribution in [1.82, 2.24) is 4.98 Å². The fraction of sp³-hybridized carbons (Fsp3) is 0.0714. The van der Waals surface area contributed by atoms with Gasteiger partial charge in [-0.3, -0.25) is 4.79 Å². The summed E-state index contributed by atoms with van der Waals surface area (Å²) >= 11 is 0. The average Bonchev–Trinajstić information content (AvgIpc) is 2.83. The minimum Gasteiger partial charge on any atom is -0.423 e. The molecule has 32 heavy (non-hydrogen) atoms. The van der Waals surface area contributed by atoms with Crippen LogP contribution in [0.4, 0.5) is 0 Å². The van der Waals surface area contributed by atoms with Crippen LogP contribution in [-0.2, 0) is 4.79 Å². The summed E-state index contributed by atoms with van der Waals surface area (Å²) in [6, 6.07) is 25.2. The summed E-state index contributed by atoms with van der Waals surface area (Å²) in [5.74, 6) is -0.0557. The predicted molar refractivity (Wildman–Crippen MR) is 129 cm³/mol. The summed E-state index contributed by atoms with van der Waals surface area (Å²) in [5.41, 5.74) is 4.73. The van der Waals surface area contributed by atoms with Crippen LogP contribution in [0.5, 0.6) is 5.75 Å². The van der Waals surface area contributed by atoms with Crippen molar-refractivity contribution in [2.45, 2.75) is 13.3 Å². The number of fused-ring (bicyclic) bond motifs is 1. The molecule has 0 aliphatic carbocycles. The molecule has 4 heteroatoms. The van der Waals surface area contributed by atoms with E-state index in [4.69, 9.17) is 4.74 Å². The lowest BCUT2D eigenvalue weighted by atomic mass is 9.87. The average molecular weight is 421 g/mol. The van der Waals surface area contributed by atoms with Gasteiger partial charge >= 0.3 is 5.97 Å². The number of aromatic amines is 1. The molecule has 0 saturated heterocycles. The van der Waals surface area contributed by atoms with Gasteiger partial charge in [-0.1, -0.05) is 74.2 Å². The number of aromatic nitrogens is 1. The Morgan fingerprint density at radius 2 is 1.69 bits per heavy atom. The summed E-state index contributed by atoms with van der Waals surface area (Å²) in [6.07, 6.45) is 3.62. The van der Waals surface area contributed by atoms with E-state index in [0.29, 0.717) is 5.75 Å². The number of H-pyrrole nitrogens is 1. The van der Waals surface area contributed by atoms with Gasteiger partial charge in [0.2, 0.25) is 5.56 Å². The van der Waals surface area contributed by atoms with E-state index in [1.807, 2.05) is 54.6 Å². The van der Waals surface area contributed by atoms with Crippen LogP contribution in [0.1, 0.15) is 30.0 Å². The number of ether oxygens (including phenoxy) is 1. The molecule has 4 aromatic rings. The predicted octanol–water partition coefficient (Wildman–Crippen LogP) is 5.99. The Kier molecular flexibility index (Phi) is 6.13. The molecule has 0 fully saturated rings. The highest BCUT2D eigenvalue weighted by molar-refractivity contribution is 6.02. The van der Waals surface area contributed by atoms with Gasteiger partial charge in [0.1, 0.15) is 5.75 Å². The molecular weight excluding hydrogens is 398 g/mol. The quantitative estimate of drug-likeness (QED) is 0.180. The smallest absolute Gasteiger partial charge is 0.335 e. The minimum atomic E-state index is -0.514. The highest BCUT2D eigenvalue weighted by Crippen LogP contribution is 2.39. The number of benzene rings is 3. The molecular formula is C28H23NO3. The van der Waals surface area contributed by atoms with E-state index in [1.54, 1.807) is 18.3 Å². The number of nitrogens with one attached hydrogen (secondary N) is 1. The van der Waals surface area contributed by atoms with Crippen molar-refractivity contribution >= 4 is 27.9 Å². The van der Waals surface area contributed by atoms with Crippen molar-refractivity contribution in [2.75, 3.05) is 0 Å². The first-order valence-corrected chi connectivity index (χ1v) is 10.5. The topological polar surface area (TPSA) is 59.2 Å². The van der Waals surface area contributed by atoms with Gasteiger partial charge in [-0.15, -0.1) is 0 Å². The van der Waals surface area contributed by atoms with Gasteiger partial charge in [0.15, 0.2) is 0 Å². The van der Waals surface area contributed by atoms with Crippen LogP contribution in [0.25, 0.3) is 21.9 Å². The summed E-state index contributed by atoms with van der Waals surface area (Å²) in [5, 5.41) is 1.78. The summed E-state index contributed by atoms with van der Waals surface area (Å²) in [4.78, 5) is 26.7. The van der Waals surface area contributed by atoms with Crippen LogP contribution in [-0.4, -0.2) is 11.0 Å². The lowest BCUT2D eigenvalue weighted by Gasteiger charge is -2.19. The number of hydrogen-bond donors (Lipinski definition) is 1. The first kappa shape index (κ1) is 21.1. The first-order chi connectivity index (χ1) is 15.6. The molecule has 0 radical (unpaired) electrons. The number of carbonyl (C=O) groups excluding carboxylic acids is 1. The third kappa shape index (κ3) is 4.30. The third-order valence-electron chi connectivity index (χ3n) is 5.34. The Labute approximate surface area is 186 Å². The highest BCUT2D eigenvalue weighted by Gasteiger charge is 2.18. The van der Waals surface area contributed by atoms with E-state index >= 15 is 0 Å². The number of para-hydroxylation sites is 1. The van der Waals surface area contributed by atoms with Gasteiger partial charge in [0, 0.05) is 23.9 Å². The van der Waals surface area contributed by atoms with Gasteiger partial charge < -0.3 is 9.72 Å². The van der Waals surface area contributed by atoms with Crippen LogP contribution in [0.15, 0.2) is 103 Å². The largest absolute Gasteiger partial charge is 0.423 e. The fourth-order valence-electron chi connectivity index (χ4n) is 3.89. The van der Waals surface area contributed by atoms with E-state index in [0.717, 1.165) is 51.1 Å². The fourth-order valence-corrected chi connectivity index (χ4v) is 3.89. The maximum atomic E-state index is 12.0. The van der Waals surface area contributed by atoms with Gasteiger partial charge in [-0.25, -0.2) is 4.79 Å². The molecule has 1 N–H and O–H groups in total. The van der Waals surface area contributed by atoms with Crippen LogP contribution in [0.2, 0.25) is 0 Å². The monoisotopic (exact) mass is 421 g/mol. The van der Waals surface area contributed by atoms with Crippen molar-refractivity contribution in [1.29, 1.82) is 0 Å². The highest BCUT2D eigenvalue weighted by atomic mass is 16.5. The molecule has 1 heterocycles. The Hall–Kier alpha value is -4.18. The van der Waals surface area contributed by atoms with Crippen LogP contribution in [0, 0.1) is 0 Å². The van der Waals surface area contributed by atoms with Crippen molar-refractivity contribution in [3.8, 4) is 5.75 Å². The Balaban J connectivity index is 2.03. The van der Waals surface area contributed by atoms with Gasteiger partial charge in [0.05, 0.1) is 0 Å². The molecule has 0 aliphatic rings. The van der Waals surface area contributed by atoms with Gasteiger partial charge in [0.25, 0.3) is 0 Å². The Morgan fingerprint density at radius 3 is 2.44 bits per heavy atom. The standard InChI is InChI=1S/C28H23NO3/c1-3-23(19-10-6-5-7-11-19)28(24-12-8-9-13-25(24)32-27(31)4-2)20-14-15-21-18-29-26(30)17-22(21)16-20/h4-18H,2-3H2,1H3,(H,29,30)/b28-23+. The van der Waals surface area contributed by atoms with Crippen molar-refractivity contribution in [2.24, 2.45) is 0 Å². The molecule has 158 valence electrons. The molecule has 4 rings (SSSR count). The zero-order chi connectivity index (χ0) is 22.5. The van der Waals surface area contributed by atoms with Crippen molar-refractivity contribution in [3.63, 3.8) is 0 Å². The molecule has 0 atom stereocenters. The van der Waals surface area contributed by atoms with Crippen molar-refractivity contribution < 1.29 is 9.53 Å². The number of rotatable bonds is 6. The van der Waals surface area contributed by atoms with Gasteiger partial charge in [-0.2, -0.15) is 0 Å². The van der Waals surface area contributed by atoms with Crippen molar-refractivity contribution in [3.05, 3.63) is 125 Å². The second-order valence-electron chi connectivity index (χ2n) is 7.34. The van der Waals surface area contributed by atoms with E-state index < -0.39 is 5.97 Å². The number of allylic oxidation sites excluding steroid dienone is 1. The summed E-state index contributed by atoms with van der Waals surface area (Å²) in [7, 11) is 0. The van der Waals surface area contributed by atoms with Crippen LogP contribution < -0.4 is 10.3 Å². The van der Waals surface area contributed by atoms with Crippen LogP contribution in [0.3, 0.4) is 0 Å². The zero-order valence-electron chi connectivity index (χ0n) is 17.8. The third-order valence-corrected chi connectivity index (χ3v) is 5.34. The Morgan fingerprint density at radius 1 is 0.938 bits per heavy atom. The molecule has 1 aromatic heterocycles.